The van der Waals surface area contributed by atoms with Gasteiger partial charge in [-0.3, -0.25) is 9.69 Å². The van der Waals surface area contributed by atoms with E-state index in [1.54, 1.807) is 0 Å². The number of Topliss-reactive ketones (excluding diaryl/α,β-unsaturated/α-hetero) is 1. The van der Waals surface area contributed by atoms with E-state index in [0.29, 0.717) is 5.78 Å². The number of carbonyl (C=O) groups excluding carboxylic acids is 1. The molecule has 1 spiro atoms. The minimum atomic E-state index is -0.119. The van der Waals surface area contributed by atoms with E-state index in [4.69, 9.17) is 0 Å². The van der Waals surface area contributed by atoms with Crippen LogP contribution in [0.4, 0.5) is 0 Å². The van der Waals surface area contributed by atoms with Crippen molar-refractivity contribution in [3.8, 4) is 0 Å². The van der Waals surface area contributed by atoms with Gasteiger partial charge in [-0.15, -0.1) is 0 Å². The van der Waals surface area contributed by atoms with Crippen molar-refractivity contribution in [1.29, 1.82) is 0 Å². The molecule has 1 atom stereocenters. The Morgan fingerprint density at radius 3 is 2.53 bits per heavy atom. The Kier molecular flexibility index (Phi) is 3.69. The molecule has 0 N–H and O–H groups in total. The highest BCUT2D eigenvalue weighted by molar-refractivity contribution is 5.89. The lowest BCUT2D eigenvalue weighted by Crippen LogP contribution is -2.57. The molecule has 1 aliphatic heterocycles. The number of ketones is 1. The summed E-state index contributed by atoms with van der Waals surface area (Å²) < 4.78 is 0. The molecule has 102 valence electrons. The summed E-state index contributed by atoms with van der Waals surface area (Å²) in [5.41, 5.74) is 1.22. The standard InChI is InChI=1S/C17H23NO/c19-16-10-4-5-11-17(16)12-6-7-13-18(17)14-15-8-2-1-3-9-15/h1-3,8-9H,4-7,10-14H2. The Morgan fingerprint density at radius 2 is 1.74 bits per heavy atom. The Labute approximate surface area is 115 Å². The average molecular weight is 257 g/mol. The van der Waals surface area contributed by atoms with E-state index in [9.17, 15) is 4.79 Å². The van der Waals surface area contributed by atoms with Crippen LogP contribution in [0.3, 0.4) is 0 Å². The third-order valence-electron chi connectivity index (χ3n) is 4.85. The van der Waals surface area contributed by atoms with Gasteiger partial charge in [0.2, 0.25) is 0 Å². The number of likely N-dealkylation sites (tertiary alicyclic amines) is 1. The molecule has 2 nitrogen and oxygen atoms in total. The number of rotatable bonds is 2. The van der Waals surface area contributed by atoms with E-state index >= 15 is 0 Å². The fourth-order valence-electron chi connectivity index (χ4n) is 3.80. The molecule has 1 aromatic rings. The number of hydrogen-bond donors (Lipinski definition) is 0. The average Bonchev–Trinajstić information content (AvgIpc) is 2.46. The van der Waals surface area contributed by atoms with Crippen molar-refractivity contribution in [1.82, 2.24) is 4.90 Å². The molecule has 1 aliphatic carbocycles. The molecular weight excluding hydrogens is 234 g/mol. The van der Waals surface area contributed by atoms with Crippen molar-refractivity contribution in [3.05, 3.63) is 35.9 Å². The van der Waals surface area contributed by atoms with Crippen LogP contribution in [0.2, 0.25) is 0 Å². The summed E-state index contributed by atoms with van der Waals surface area (Å²) in [5.74, 6) is 0.509. The molecule has 0 bridgehead atoms. The highest BCUT2D eigenvalue weighted by atomic mass is 16.1. The zero-order valence-electron chi connectivity index (χ0n) is 11.6. The van der Waals surface area contributed by atoms with Crippen LogP contribution in [0.15, 0.2) is 30.3 Å². The summed E-state index contributed by atoms with van der Waals surface area (Å²) in [6.07, 6.45) is 7.73. The molecule has 1 unspecified atom stereocenters. The monoisotopic (exact) mass is 257 g/mol. The molecule has 2 aliphatic rings. The maximum atomic E-state index is 12.5. The molecule has 2 heteroatoms. The van der Waals surface area contributed by atoms with E-state index < -0.39 is 0 Å². The first-order valence-corrected chi connectivity index (χ1v) is 7.64. The summed E-state index contributed by atoms with van der Waals surface area (Å²) in [6, 6.07) is 10.6. The SMILES string of the molecule is O=C1CCCCC12CCCCN2Cc1ccccc1. The maximum Gasteiger partial charge on any atom is 0.153 e. The highest BCUT2D eigenvalue weighted by Crippen LogP contribution is 2.39. The number of nitrogens with zero attached hydrogens (tertiary/aromatic N) is 1. The molecule has 1 aromatic carbocycles. The van der Waals surface area contributed by atoms with Crippen LogP contribution in [-0.4, -0.2) is 22.8 Å². The van der Waals surface area contributed by atoms with E-state index in [1.807, 2.05) is 0 Å². The highest BCUT2D eigenvalue weighted by Gasteiger charge is 2.45. The van der Waals surface area contributed by atoms with Crippen molar-refractivity contribution >= 4 is 5.78 Å². The largest absolute Gasteiger partial charge is 0.298 e. The molecule has 1 saturated heterocycles. The van der Waals surface area contributed by atoms with Gasteiger partial charge >= 0.3 is 0 Å². The molecule has 0 radical (unpaired) electrons. The van der Waals surface area contributed by atoms with Gasteiger partial charge in [0, 0.05) is 13.0 Å². The molecule has 1 heterocycles. The lowest BCUT2D eigenvalue weighted by Gasteiger charge is -2.48. The minimum Gasteiger partial charge on any atom is -0.298 e. The topological polar surface area (TPSA) is 20.3 Å². The Hall–Kier alpha value is -1.15. The molecule has 1 saturated carbocycles. The summed E-state index contributed by atoms with van der Waals surface area (Å²) in [6.45, 7) is 2.02. The molecular formula is C17H23NO. The molecule has 0 amide bonds. The smallest absolute Gasteiger partial charge is 0.153 e. The van der Waals surface area contributed by atoms with Crippen molar-refractivity contribution in [2.75, 3.05) is 6.54 Å². The first-order valence-electron chi connectivity index (χ1n) is 7.64. The Morgan fingerprint density at radius 1 is 1.00 bits per heavy atom. The molecule has 2 fully saturated rings. The maximum absolute atomic E-state index is 12.5. The predicted octanol–water partition coefficient (Wildman–Crippen LogP) is 3.55. The van der Waals surface area contributed by atoms with Crippen LogP contribution in [0.5, 0.6) is 0 Å². The summed E-state index contributed by atoms with van der Waals surface area (Å²) >= 11 is 0. The third kappa shape index (κ3) is 2.46. The lowest BCUT2D eigenvalue weighted by molar-refractivity contribution is -0.137. The van der Waals surface area contributed by atoms with Gasteiger partial charge in [0.1, 0.15) is 0 Å². The lowest BCUT2D eigenvalue weighted by atomic mass is 9.73. The van der Waals surface area contributed by atoms with Gasteiger partial charge in [-0.05, 0) is 44.2 Å². The van der Waals surface area contributed by atoms with Crippen LogP contribution < -0.4 is 0 Å². The third-order valence-corrected chi connectivity index (χ3v) is 4.85. The van der Waals surface area contributed by atoms with Crippen LogP contribution in [0, 0.1) is 0 Å². The van der Waals surface area contributed by atoms with Crippen molar-refractivity contribution in [2.24, 2.45) is 0 Å². The van der Waals surface area contributed by atoms with Gasteiger partial charge < -0.3 is 0 Å². The van der Waals surface area contributed by atoms with Crippen molar-refractivity contribution < 1.29 is 4.79 Å². The predicted molar refractivity (Wildman–Crippen MR) is 76.9 cm³/mol. The summed E-state index contributed by atoms with van der Waals surface area (Å²) in [4.78, 5) is 15.0. The second-order valence-electron chi connectivity index (χ2n) is 6.03. The van der Waals surface area contributed by atoms with Crippen LogP contribution in [-0.2, 0) is 11.3 Å². The van der Waals surface area contributed by atoms with Gasteiger partial charge in [-0.25, -0.2) is 0 Å². The van der Waals surface area contributed by atoms with Gasteiger partial charge in [0.15, 0.2) is 5.78 Å². The van der Waals surface area contributed by atoms with Crippen LogP contribution >= 0.6 is 0 Å². The summed E-state index contributed by atoms with van der Waals surface area (Å²) in [7, 11) is 0. The number of hydrogen-bond acceptors (Lipinski definition) is 2. The van der Waals surface area contributed by atoms with Crippen LogP contribution in [0.1, 0.15) is 50.5 Å². The van der Waals surface area contributed by atoms with E-state index in [-0.39, 0.29) is 5.54 Å². The fourth-order valence-corrected chi connectivity index (χ4v) is 3.80. The first-order chi connectivity index (χ1) is 9.31. The molecule has 0 aromatic heterocycles. The van der Waals surface area contributed by atoms with Gasteiger partial charge in [-0.2, -0.15) is 0 Å². The molecule has 3 rings (SSSR count). The number of carbonyl (C=O) groups is 1. The Balaban J connectivity index is 1.82. The second-order valence-corrected chi connectivity index (χ2v) is 6.03. The normalized spacial score (nSPS) is 28.7. The first kappa shape index (κ1) is 12.9. The fraction of sp³-hybridized carbons (Fsp3) is 0.588. The van der Waals surface area contributed by atoms with Gasteiger partial charge in [-0.1, -0.05) is 36.8 Å². The van der Waals surface area contributed by atoms with Crippen LogP contribution in [0.25, 0.3) is 0 Å². The Bertz CT molecular complexity index is 436. The number of piperidine rings is 1. The van der Waals surface area contributed by atoms with E-state index in [2.05, 4.69) is 35.2 Å². The number of benzene rings is 1. The molecule has 19 heavy (non-hydrogen) atoms. The van der Waals surface area contributed by atoms with Crippen molar-refractivity contribution in [2.45, 2.75) is 57.0 Å². The van der Waals surface area contributed by atoms with E-state index in [0.717, 1.165) is 38.8 Å². The zero-order chi connectivity index (χ0) is 13.1. The van der Waals surface area contributed by atoms with Gasteiger partial charge in [0.25, 0.3) is 0 Å². The van der Waals surface area contributed by atoms with E-state index in [1.165, 1.54) is 24.8 Å². The van der Waals surface area contributed by atoms with Gasteiger partial charge in [0.05, 0.1) is 5.54 Å². The minimum absolute atomic E-state index is 0.119. The quantitative estimate of drug-likeness (QED) is 0.807. The summed E-state index contributed by atoms with van der Waals surface area (Å²) in [5, 5.41) is 0. The second kappa shape index (κ2) is 5.46. The zero-order valence-corrected chi connectivity index (χ0v) is 11.6. The van der Waals surface area contributed by atoms with Crippen molar-refractivity contribution in [3.63, 3.8) is 0 Å².